The summed E-state index contributed by atoms with van der Waals surface area (Å²) >= 11 is 0. The summed E-state index contributed by atoms with van der Waals surface area (Å²) in [7, 11) is 0. The highest BCUT2D eigenvalue weighted by Crippen LogP contribution is 2.30. The lowest BCUT2D eigenvalue weighted by molar-refractivity contribution is -0.125. The van der Waals surface area contributed by atoms with Crippen molar-refractivity contribution in [3.05, 3.63) is 35.4 Å². The summed E-state index contributed by atoms with van der Waals surface area (Å²) in [5.41, 5.74) is 8.32. The summed E-state index contributed by atoms with van der Waals surface area (Å²) in [5.74, 6) is 0.518. The summed E-state index contributed by atoms with van der Waals surface area (Å²) in [5, 5.41) is 3.20. The molecule has 1 aliphatic carbocycles. The van der Waals surface area contributed by atoms with Gasteiger partial charge in [0.15, 0.2) is 0 Å². The summed E-state index contributed by atoms with van der Waals surface area (Å²) in [6, 6.07) is 8.52. The first-order valence-corrected chi connectivity index (χ1v) is 8.46. The van der Waals surface area contributed by atoms with Crippen LogP contribution >= 0.6 is 0 Å². The van der Waals surface area contributed by atoms with E-state index in [1.807, 2.05) is 6.07 Å². The summed E-state index contributed by atoms with van der Waals surface area (Å²) in [4.78, 5) is 12.4. The zero-order valence-electron chi connectivity index (χ0n) is 13.1. The molecule has 3 N–H and O–H groups in total. The van der Waals surface area contributed by atoms with Crippen molar-refractivity contribution in [2.45, 2.75) is 50.7 Å². The number of nitrogens with two attached hydrogens (primary N) is 1. The van der Waals surface area contributed by atoms with Crippen LogP contribution in [0.1, 0.15) is 49.3 Å². The lowest BCUT2D eigenvalue weighted by Crippen LogP contribution is -2.45. The molecule has 0 radical (unpaired) electrons. The predicted octanol–water partition coefficient (Wildman–Crippen LogP) is 2.32. The third kappa shape index (κ3) is 3.50. The largest absolute Gasteiger partial charge is 0.373 e. The molecule has 1 amide bonds. The fourth-order valence-corrected chi connectivity index (χ4v) is 3.76. The molecule has 2 aliphatic rings. The number of hydrogen-bond donors (Lipinski definition) is 2. The van der Waals surface area contributed by atoms with Gasteiger partial charge in [-0.3, -0.25) is 4.79 Å². The zero-order valence-corrected chi connectivity index (χ0v) is 13.1. The van der Waals surface area contributed by atoms with Crippen LogP contribution in [-0.4, -0.2) is 25.1 Å². The van der Waals surface area contributed by atoms with Gasteiger partial charge in [-0.05, 0) is 42.9 Å². The number of rotatable bonds is 4. The Morgan fingerprint density at radius 3 is 2.95 bits per heavy atom. The molecule has 4 heteroatoms. The second-order valence-electron chi connectivity index (χ2n) is 6.47. The third-order valence-corrected chi connectivity index (χ3v) is 5.02. The quantitative estimate of drug-likeness (QED) is 0.897. The molecule has 3 unspecified atom stereocenters. The van der Waals surface area contributed by atoms with Gasteiger partial charge in [0.2, 0.25) is 5.91 Å². The van der Waals surface area contributed by atoms with Gasteiger partial charge < -0.3 is 15.8 Å². The van der Waals surface area contributed by atoms with Crippen LogP contribution in [0.4, 0.5) is 0 Å². The number of nitrogens with one attached hydrogen (secondary N) is 1. The summed E-state index contributed by atoms with van der Waals surface area (Å²) < 4.78 is 5.83. The normalized spacial score (nSPS) is 28.0. The molecule has 1 aromatic carbocycles. The molecular formula is C18H26N2O2. The van der Waals surface area contributed by atoms with Crippen molar-refractivity contribution >= 4 is 5.91 Å². The van der Waals surface area contributed by atoms with Crippen molar-refractivity contribution < 1.29 is 9.53 Å². The first-order chi connectivity index (χ1) is 10.8. The van der Waals surface area contributed by atoms with E-state index in [2.05, 4.69) is 23.5 Å². The Bertz CT molecular complexity index is 518. The highest BCUT2D eigenvalue weighted by molar-refractivity contribution is 5.77. The Kier molecular flexibility index (Phi) is 5.11. The van der Waals surface area contributed by atoms with E-state index in [0.717, 1.165) is 19.3 Å². The van der Waals surface area contributed by atoms with Gasteiger partial charge in [-0.15, -0.1) is 0 Å². The van der Waals surface area contributed by atoms with Crippen LogP contribution in [0.25, 0.3) is 0 Å². The van der Waals surface area contributed by atoms with Crippen molar-refractivity contribution in [1.82, 2.24) is 5.32 Å². The number of amides is 1. The second kappa shape index (κ2) is 7.25. The third-order valence-electron chi connectivity index (χ3n) is 5.02. The summed E-state index contributed by atoms with van der Waals surface area (Å²) in [6.07, 6.45) is 5.83. The van der Waals surface area contributed by atoms with Crippen LogP contribution in [0.15, 0.2) is 24.3 Å². The van der Waals surface area contributed by atoms with Gasteiger partial charge in [-0.25, -0.2) is 0 Å². The number of ether oxygens (including phenoxy) is 1. The van der Waals surface area contributed by atoms with Gasteiger partial charge >= 0.3 is 0 Å². The number of fused-ring (bicyclic) bond motifs is 1. The highest BCUT2D eigenvalue weighted by atomic mass is 16.5. The molecule has 3 atom stereocenters. The number of benzene rings is 1. The molecule has 1 aromatic rings. The van der Waals surface area contributed by atoms with Crippen LogP contribution in [-0.2, 0) is 16.0 Å². The highest BCUT2D eigenvalue weighted by Gasteiger charge is 2.28. The molecule has 22 heavy (non-hydrogen) atoms. The van der Waals surface area contributed by atoms with E-state index in [-0.39, 0.29) is 18.1 Å². The molecule has 120 valence electrons. The van der Waals surface area contributed by atoms with Gasteiger partial charge in [0.05, 0.1) is 19.1 Å². The molecule has 0 aromatic heterocycles. The molecule has 1 aliphatic heterocycles. The topological polar surface area (TPSA) is 64.3 Å². The lowest BCUT2D eigenvalue weighted by atomic mass is 9.84. The monoisotopic (exact) mass is 302 g/mol. The Morgan fingerprint density at radius 1 is 1.27 bits per heavy atom. The smallest absolute Gasteiger partial charge is 0.223 e. The van der Waals surface area contributed by atoms with Crippen molar-refractivity contribution in [2.24, 2.45) is 11.7 Å². The molecule has 4 nitrogen and oxygen atoms in total. The molecule has 1 fully saturated rings. The van der Waals surface area contributed by atoms with E-state index in [4.69, 9.17) is 10.5 Å². The minimum atomic E-state index is -0.107. The van der Waals surface area contributed by atoms with Crippen LogP contribution in [0.3, 0.4) is 0 Å². The van der Waals surface area contributed by atoms with Gasteiger partial charge in [-0.1, -0.05) is 37.1 Å². The standard InChI is InChI=1S/C18H26N2O2/c19-12-14-6-2-4-8-16(14)20-18(21)11-17-15-7-3-1-5-13(15)9-10-22-17/h1,3,5,7,14,16-17H,2,4,6,8-12,19H2,(H,20,21). The Labute approximate surface area is 132 Å². The summed E-state index contributed by atoms with van der Waals surface area (Å²) in [6.45, 7) is 1.36. The van der Waals surface area contributed by atoms with E-state index in [1.54, 1.807) is 0 Å². The Morgan fingerprint density at radius 2 is 2.09 bits per heavy atom. The molecule has 0 spiro atoms. The number of carbonyl (C=O) groups excluding carboxylic acids is 1. The maximum Gasteiger partial charge on any atom is 0.223 e. The minimum absolute atomic E-state index is 0.0899. The van der Waals surface area contributed by atoms with Crippen molar-refractivity contribution in [1.29, 1.82) is 0 Å². The van der Waals surface area contributed by atoms with Gasteiger partial charge in [0.1, 0.15) is 0 Å². The molecule has 1 heterocycles. The first kappa shape index (κ1) is 15.5. The first-order valence-electron chi connectivity index (χ1n) is 8.46. The van der Waals surface area contributed by atoms with E-state index >= 15 is 0 Å². The average Bonchev–Trinajstić information content (AvgIpc) is 2.55. The minimum Gasteiger partial charge on any atom is -0.373 e. The Balaban J connectivity index is 1.60. The Hall–Kier alpha value is -1.39. The number of hydrogen-bond acceptors (Lipinski definition) is 3. The lowest BCUT2D eigenvalue weighted by Gasteiger charge is -2.32. The average molecular weight is 302 g/mol. The van der Waals surface area contributed by atoms with Gasteiger partial charge in [0, 0.05) is 6.04 Å². The molecule has 0 bridgehead atoms. The van der Waals surface area contributed by atoms with Crippen LogP contribution in [0.2, 0.25) is 0 Å². The molecule has 0 saturated heterocycles. The van der Waals surface area contributed by atoms with Crippen LogP contribution in [0.5, 0.6) is 0 Å². The molecule has 3 rings (SSSR count). The molecular weight excluding hydrogens is 276 g/mol. The fourth-order valence-electron chi connectivity index (χ4n) is 3.76. The SMILES string of the molecule is NCC1CCCCC1NC(=O)CC1OCCc2ccccc21. The van der Waals surface area contributed by atoms with Crippen LogP contribution < -0.4 is 11.1 Å². The van der Waals surface area contributed by atoms with E-state index in [9.17, 15) is 4.79 Å². The fraction of sp³-hybridized carbons (Fsp3) is 0.611. The number of carbonyl (C=O) groups is 1. The van der Waals surface area contributed by atoms with E-state index in [1.165, 1.54) is 24.0 Å². The molecule has 1 saturated carbocycles. The van der Waals surface area contributed by atoms with Crippen LogP contribution in [0, 0.1) is 5.92 Å². The predicted molar refractivity (Wildman–Crippen MR) is 86.4 cm³/mol. The van der Waals surface area contributed by atoms with Crippen molar-refractivity contribution in [2.75, 3.05) is 13.2 Å². The van der Waals surface area contributed by atoms with E-state index in [0.29, 0.717) is 25.5 Å². The maximum atomic E-state index is 12.4. The zero-order chi connectivity index (χ0) is 15.4. The van der Waals surface area contributed by atoms with Crippen molar-refractivity contribution in [3.63, 3.8) is 0 Å². The second-order valence-corrected chi connectivity index (χ2v) is 6.47. The van der Waals surface area contributed by atoms with Gasteiger partial charge in [0.25, 0.3) is 0 Å². The maximum absolute atomic E-state index is 12.4. The van der Waals surface area contributed by atoms with Crippen molar-refractivity contribution in [3.8, 4) is 0 Å². The van der Waals surface area contributed by atoms with Gasteiger partial charge in [-0.2, -0.15) is 0 Å². The van der Waals surface area contributed by atoms with E-state index < -0.39 is 0 Å².